The summed E-state index contributed by atoms with van der Waals surface area (Å²) in [4.78, 5) is 22.6. The lowest BCUT2D eigenvalue weighted by molar-refractivity contribution is -0.115. The summed E-state index contributed by atoms with van der Waals surface area (Å²) in [5.74, 6) is -0.0785. The Kier molecular flexibility index (Phi) is 4.67. The zero-order valence-electron chi connectivity index (χ0n) is 15.3. The van der Waals surface area contributed by atoms with Crippen molar-refractivity contribution >= 4 is 39.2 Å². The van der Waals surface area contributed by atoms with E-state index in [1.165, 1.54) is 0 Å². The van der Waals surface area contributed by atoms with E-state index in [4.69, 9.17) is 0 Å². The predicted octanol–water partition coefficient (Wildman–Crippen LogP) is 5.37. The van der Waals surface area contributed by atoms with Gasteiger partial charge >= 0.3 is 0 Å². The first kappa shape index (κ1) is 17.8. The molecule has 3 heterocycles. The standard InChI is InChI=1S/C22H16N4OS2/c27-20(12-18-14-29-21(24-18)16-4-2-1-3-5-16)23-17-8-6-15(7-9-17)19-13-26-10-11-28-22(26)25-19/h1-11,13-14H,12H2,(H,23,27). The number of thiazole rings is 2. The largest absolute Gasteiger partial charge is 0.326 e. The summed E-state index contributed by atoms with van der Waals surface area (Å²) in [6.45, 7) is 0. The van der Waals surface area contributed by atoms with E-state index >= 15 is 0 Å². The van der Waals surface area contributed by atoms with Crippen LogP contribution in [-0.2, 0) is 11.2 Å². The Morgan fingerprint density at radius 3 is 2.59 bits per heavy atom. The average Bonchev–Trinajstić information content (AvgIpc) is 3.45. The molecule has 1 amide bonds. The number of hydrogen-bond acceptors (Lipinski definition) is 5. The van der Waals surface area contributed by atoms with Gasteiger partial charge in [-0.05, 0) is 12.1 Å². The van der Waals surface area contributed by atoms with Gasteiger partial charge in [-0.2, -0.15) is 0 Å². The number of amides is 1. The lowest BCUT2D eigenvalue weighted by atomic mass is 10.1. The third-order valence-electron chi connectivity index (χ3n) is 4.47. The monoisotopic (exact) mass is 416 g/mol. The SMILES string of the molecule is O=C(Cc1csc(-c2ccccc2)n1)Nc1ccc(-c2cn3ccsc3n2)cc1. The molecular formula is C22H16N4OS2. The van der Waals surface area contributed by atoms with Crippen LogP contribution in [0.15, 0.2) is 77.8 Å². The molecule has 0 atom stereocenters. The molecule has 0 unspecified atom stereocenters. The molecule has 0 aliphatic carbocycles. The summed E-state index contributed by atoms with van der Waals surface area (Å²) in [6.07, 6.45) is 4.25. The van der Waals surface area contributed by atoms with Crippen molar-refractivity contribution in [3.05, 3.63) is 83.4 Å². The van der Waals surface area contributed by atoms with Crippen LogP contribution < -0.4 is 5.32 Å². The molecule has 5 nitrogen and oxygen atoms in total. The van der Waals surface area contributed by atoms with Gasteiger partial charge in [0.25, 0.3) is 0 Å². The van der Waals surface area contributed by atoms with E-state index in [1.54, 1.807) is 22.7 Å². The molecular weight excluding hydrogens is 400 g/mol. The van der Waals surface area contributed by atoms with Gasteiger partial charge in [0.2, 0.25) is 5.91 Å². The fourth-order valence-corrected chi connectivity index (χ4v) is 4.59. The van der Waals surface area contributed by atoms with Crippen LogP contribution in [0.3, 0.4) is 0 Å². The first-order valence-electron chi connectivity index (χ1n) is 9.07. The summed E-state index contributed by atoms with van der Waals surface area (Å²) in [5.41, 5.74) is 4.55. The van der Waals surface area contributed by atoms with Crippen LogP contribution >= 0.6 is 22.7 Å². The molecule has 0 radical (unpaired) electrons. The van der Waals surface area contributed by atoms with Gasteiger partial charge in [0, 0.05) is 40.0 Å². The molecule has 0 bridgehead atoms. The summed E-state index contributed by atoms with van der Waals surface area (Å²) < 4.78 is 2.01. The highest BCUT2D eigenvalue weighted by Crippen LogP contribution is 2.25. The maximum atomic E-state index is 12.4. The van der Waals surface area contributed by atoms with Crippen molar-refractivity contribution in [2.75, 3.05) is 5.32 Å². The van der Waals surface area contributed by atoms with Crippen LogP contribution in [0.2, 0.25) is 0 Å². The maximum absolute atomic E-state index is 12.4. The number of nitrogens with zero attached hydrogens (tertiary/aromatic N) is 3. The third-order valence-corrected chi connectivity index (χ3v) is 6.18. The van der Waals surface area contributed by atoms with Crippen LogP contribution in [0, 0.1) is 0 Å². The Morgan fingerprint density at radius 1 is 0.966 bits per heavy atom. The number of imidazole rings is 1. The number of aromatic nitrogens is 3. The van der Waals surface area contributed by atoms with E-state index in [2.05, 4.69) is 15.3 Å². The van der Waals surface area contributed by atoms with Gasteiger partial charge in [0.15, 0.2) is 4.96 Å². The minimum Gasteiger partial charge on any atom is -0.326 e. The number of fused-ring (bicyclic) bond motifs is 1. The van der Waals surface area contributed by atoms with Crippen molar-refractivity contribution in [3.8, 4) is 21.8 Å². The maximum Gasteiger partial charge on any atom is 0.230 e. The summed E-state index contributed by atoms with van der Waals surface area (Å²) in [7, 11) is 0. The van der Waals surface area contributed by atoms with Crippen molar-refractivity contribution in [1.82, 2.24) is 14.4 Å². The molecule has 7 heteroatoms. The Hall–Kier alpha value is -3.29. The Bertz CT molecular complexity index is 1240. The van der Waals surface area contributed by atoms with Gasteiger partial charge in [-0.3, -0.25) is 9.20 Å². The molecule has 5 rings (SSSR count). The van der Waals surface area contributed by atoms with Crippen molar-refractivity contribution < 1.29 is 4.79 Å². The first-order chi connectivity index (χ1) is 14.2. The van der Waals surface area contributed by atoms with Gasteiger partial charge < -0.3 is 5.32 Å². The van der Waals surface area contributed by atoms with Crippen molar-refractivity contribution in [2.24, 2.45) is 0 Å². The molecule has 0 saturated carbocycles. The number of carbonyl (C=O) groups excluding carboxylic acids is 1. The highest BCUT2D eigenvalue weighted by Gasteiger charge is 2.10. The number of carbonyl (C=O) groups is 1. The van der Waals surface area contributed by atoms with E-state index in [0.717, 1.165) is 38.2 Å². The molecule has 0 aliphatic heterocycles. The number of hydrogen-bond donors (Lipinski definition) is 1. The molecule has 5 aromatic rings. The Labute approximate surface area is 175 Å². The van der Waals surface area contributed by atoms with Crippen LogP contribution in [0.4, 0.5) is 5.69 Å². The van der Waals surface area contributed by atoms with Crippen LogP contribution in [0.25, 0.3) is 26.8 Å². The molecule has 3 aromatic heterocycles. The summed E-state index contributed by atoms with van der Waals surface area (Å²) >= 11 is 3.16. The second kappa shape index (κ2) is 7.62. The molecule has 142 valence electrons. The van der Waals surface area contributed by atoms with E-state index in [0.29, 0.717) is 0 Å². The fraction of sp³-hybridized carbons (Fsp3) is 0.0455. The predicted molar refractivity (Wildman–Crippen MR) is 118 cm³/mol. The zero-order chi connectivity index (χ0) is 19.6. The van der Waals surface area contributed by atoms with Crippen molar-refractivity contribution in [2.45, 2.75) is 6.42 Å². The molecule has 0 aliphatic rings. The number of rotatable bonds is 5. The second-order valence-corrected chi connectivity index (χ2v) is 8.26. The van der Waals surface area contributed by atoms with Crippen LogP contribution in [-0.4, -0.2) is 20.3 Å². The lowest BCUT2D eigenvalue weighted by Gasteiger charge is -2.05. The van der Waals surface area contributed by atoms with Gasteiger partial charge in [-0.15, -0.1) is 22.7 Å². The molecule has 0 fully saturated rings. The number of nitrogens with one attached hydrogen (secondary N) is 1. The fourth-order valence-electron chi connectivity index (χ4n) is 3.06. The smallest absolute Gasteiger partial charge is 0.230 e. The Morgan fingerprint density at radius 2 is 1.79 bits per heavy atom. The van der Waals surface area contributed by atoms with E-state index in [9.17, 15) is 4.79 Å². The lowest BCUT2D eigenvalue weighted by Crippen LogP contribution is -2.14. The average molecular weight is 417 g/mol. The summed E-state index contributed by atoms with van der Waals surface area (Å²) in [5, 5.41) is 7.82. The highest BCUT2D eigenvalue weighted by atomic mass is 32.1. The number of anilines is 1. The van der Waals surface area contributed by atoms with E-state index < -0.39 is 0 Å². The molecule has 2 aromatic carbocycles. The van der Waals surface area contributed by atoms with Crippen LogP contribution in [0.1, 0.15) is 5.69 Å². The van der Waals surface area contributed by atoms with E-state index in [-0.39, 0.29) is 12.3 Å². The topological polar surface area (TPSA) is 59.3 Å². The first-order valence-corrected chi connectivity index (χ1v) is 10.8. The molecule has 0 saturated heterocycles. The normalized spacial score (nSPS) is 11.0. The molecule has 1 N–H and O–H groups in total. The Balaban J connectivity index is 1.24. The second-order valence-electron chi connectivity index (χ2n) is 6.53. The van der Waals surface area contributed by atoms with E-state index in [1.807, 2.05) is 82.2 Å². The quantitative estimate of drug-likeness (QED) is 0.419. The highest BCUT2D eigenvalue weighted by molar-refractivity contribution is 7.15. The van der Waals surface area contributed by atoms with Gasteiger partial charge in [-0.25, -0.2) is 9.97 Å². The minimum atomic E-state index is -0.0785. The molecule has 29 heavy (non-hydrogen) atoms. The zero-order valence-corrected chi connectivity index (χ0v) is 16.9. The minimum absolute atomic E-state index is 0.0785. The third kappa shape index (κ3) is 3.83. The van der Waals surface area contributed by atoms with Gasteiger partial charge in [-0.1, -0.05) is 42.5 Å². The van der Waals surface area contributed by atoms with Gasteiger partial charge in [0.1, 0.15) is 5.01 Å². The van der Waals surface area contributed by atoms with Crippen molar-refractivity contribution in [3.63, 3.8) is 0 Å². The summed E-state index contributed by atoms with van der Waals surface area (Å²) in [6, 6.07) is 17.7. The van der Waals surface area contributed by atoms with Gasteiger partial charge in [0.05, 0.1) is 17.8 Å². The molecule has 0 spiro atoms. The van der Waals surface area contributed by atoms with Crippen molar-refractivity contribution in [1.29, 1.82) is 0 Å². The van der Waals surface area contributed by atoms with Crippen LogP contribution in [0.5, 0.6) is 0 Å². The number of benzene rings is 2.